The van der Waals surface area contributed by atoms with Crippen LogP contribution in [-0.4, -0.2) is 27.1 Å². The monoisotopic (exact) mass is 419 g/mol. The highest BCUT2D eigenvalue weighted by molar-refractivity contribution is 8.00. The molecule has 0 aliphatic rings. The fourth-order valence-electron chi connectivity index (χ4n) is 3.36. The Morgan fingerprint density at radius 3 is 2.57 bits per heavy atom. The van der Waals surface area contributed by atoms with E-state index >= 15 is 0 Å². The molecule has 7 heteroatoms. The molecular weight excluding hydrogens is 398 g/mol. The van der Waals surface area contributed by atoms with Crippen molar-refractivity contribution in [3.8, 4) is 0 Å². The molecular formula is C23H21N3O3S. The molecule has 0 radical (unpaired) electrons. The zero-order valence-corrected chi connectivity index (χ0v) is 17.6. The maximum Gasteiger partial charge on any atom is 0.324 e. The van der Waals surface area contributed by atoms with E-state index in [-0.39, 0.29) is 18.1 Å². The van der Waals surface area contributed by atoms with E-state index in [0.717, 1.165) is 10.8 Å². The van der Waals surface area contributed by atoms with Gasteiger partial charge >= 0.3 is 5.97 Å². The molecule has 1 unspecified atom stereocenters. The van der Waals surface area contributed by atoms with Crippen LogP contribution in [0.1, 0.15) is 24.7 Å². The number of carbonyl (C=O) groups is 1. The summed E-state index contributed by atoms with van der Waals surface area (Å²) in [6, 6.07) is 15.3. The van der Waals surface area contributed by atoms with Crippen molar-refractivity contribution in [2.45, 2.75) is 30.8 Å². The van der Waals surface area contributed by atoms with Gasteiger partial charge < -0.3 is 4.74 Å². The second-order valence-electron chi connectivity index (χ2n) is 6.70. The van der Waals surface area contributed by atoms with Crippen LogP contribution in [0.4, 0.5) is 0 Å². The first-order valence-electron chi connectivity index (χ1n) is 9.79. The van der Waals surface area contributed by atoms with Crippen molar-refractivity contribution in [3.05, 3.63) is 76.8 Å². The molecule has 0 aliphatic carbocycles. The van der Waals surface area contributed by atoms with Crippen molar-refractivity contribution in [2.24, 2.45) is 0 Å². The minimum absolute atomic E-state index is 0.121. The van der Waals surface area contributed by atoms with Crippen molar-refractivity contribution in [3.63, 3.8) is 0 Å². The predicted octanol–water partition coefficient (Wildman–Crippen LogP) is 4.36. The summed E-state index contributed by atoms with van der Waals surface area (Å²) >= 11 is 1.21. The van der Waals surface area contributed by atoms with E-state index in [9.17, 15) is 9.59 Å². The molecule has 0 saturated heterocycles. The minimum atomic E-state index is -0.666. The van der Waals surface area contributed by atoms with Crippen molar-refractivity contribution in [2.75, 3.05) is 6.61 Å². The van der Waals surface area contributed by atoms with Gasteiger partial charge in [0.25, 0.3) is 5.56 Å². The predicted molar refractivity (Wildman–Crippen MR) is 119 cm³/mol. The number of rotatable bonds is 6. The highest BCUT2D eigenvalue weighted by Crippen LogP contribution is 2.35. The second-order valence-corrected chi connectivity index (χ2v) is 7.77. The molecule has 0 saturated carbocycles. The number of aromatic nitrogens is 3. The van der Waals surface area contributed by atoms with Gasteiger partial charge in [0.1, 0.15) is 5.25 Å². The normalized spacial score (nSPS) is 12.2. The third-order valence-electron chi connectivity index (χ3n) is 4.81. The molecule has 0 amide bonds. The third-order valence-corrected chi connectivity index (χ3v) is 6.04. The van der Waals surface area contributed by atoms with Crippen molar-refractivity contribution < 1.29 is 9.53 Å². The Morgan fingerprint density at radius 2 is 1.90 bits per heavy atom. The van der Waals surface area contributed by atoms with Crippen LogP contribution >= 0.6 is 11.8 Å². The lowest BCUT2D eigenvalue weighted by Gasteiger charge is -2.18. The summed E-state index contributed by atoms with van der Waals surface area (Å²) < 4.78 is 6.88. The fraction of sp³-hybridized carbons (Fsp3) is 0.217. The Labute approximate surface area is 177 Å². The minimum Gasteiger partial charge on any atom is -0.465 e. The number of hydrogen-bond acceptors (Lipinski definition) is 6. The maximum atomic E-state index is 13.2. The molecule has 2 heterocycles. The molecule has 30 heavy (non-hydrogen) atoms. The number of carbonyl (C=O) groups excluding carboxylic acids is 1. The van der Waals surface area contributed by atoms with E-state index < -0.39 is 5.25 Å². The number of ether oxygens (including phenoxy) is 1. The molecule has 2 aromatic carbocycles. The summed E-state index contributed by atoms with van der Waals surface area (Å²) in [5, 5.41) is 2.38. The molecule has 4 aromatic rings. The van der Waals surface area contributed by atoms with Crippen molar-refractivity contribution in [1.29, 1.82) is 0 Å². The van der Waals surface area contributed by atoms with Crippen LogP contribution in [0.5, 0.6) is 0 Å². The van der Waals surface area contributed by atoms with E-state index in [1.54, 1.807) is 30.0 Å². The molecule has 0 fully saturated rings. The largest absolute Gasteiger partial charge is 0.465 e. The van der Waals surface area contributed by atoms with E-state index in [2.05, 4.69) is 4.98 Å². The average Bonchev–Trinajstić information content (AvgIpc) is 2.77. The Hall–Kier alpha value is -3.19. The van der Waals surface area contributed by atoms with Crippen LogP contribution in [0.2, 0.25) is 0 Å². The standard InChI is InChI=1S/C23H21N3O3S/c1-3-26-21(27)18-12-15-8-5-6-9-16(15)13-19(18)25-23(26)30-20(22(28)29-4-2)17-10-7-11-24-14-17/h5-14,20H,3-4H2,1-2H3. The van der Waals surface area contributed by atoms with Crippen LogP contribution in [0.3, 0.4) is 0 Å². The van der Waals surface area contributed by atoms with Gasteiger partial charge in [-0.05, 0) is 48.4 Å². The van der Waals surface area contributed by atoms with E-state index in [1.165, 1.54) is 11.8 Å². The highest BCUT2D eigenvalue weighted by atomic mass is 32.2. The number of benzene rings is 2. The highest BCUT2D eigenvalue weighted by Gasteiger charge is 2.26. The lowest BCUT2D eigenvalue weighted by atomic mass is 10.1. The first-order chi connectivity index (χ1) is 14.6. The van der Waals surface area contributed by atoms with Crippen LogP contribution in [0, 0.1) is 0 Å². The number of hydrogen-bond donors (Lipinski definition) is 0. The van der Waals surface area contributed by atoms with Crippen molar-refractivity contribution in [1.82, 2.24) is 14.5 Å². The first kappa shape index (κ1) is 20.1. The smallest absolute Gasteiger partial charge is 0.324 e. The Balaban J connectivity index is 1.86. The summed E-state index contributed by atoms with van der Waals surface area (Å²) in [6.07, 6.45) is 3.29. The first-order valence-corrected chi connectivity index (χ1v) is 10.7. The number of thioether (sulfide) groups is 1. The molecule has 0 N–H and O–H groups in total. The summed E-state index contributed by atoms with van der Waals surface area (Å²) in [5.41, 5.74) is 1.20. The van der Waals surface area contributed by atoms with Gasteiger partial charge in [-0.15, -0.1) is 0 Å². The quantitative estimate of drug-likeness (QED) is 0.200. The van der Waals surface area contributed by atoms with Crippen LogP contribution in [0.25, 0.3) is 21.7 Å². The molecule has 152 valence electrons. The molecule has 6 nitrogen and oxygen atoms in total. The molecule has 4 rings (SSSR count). The Morgan fingerprint density at radius 1 is 1.13 bits per heavy atom. The number of fused-ring (bicyclic) bond motifs is 2. The molecule has 0 bridgehead atoms. The van der Waals surface area contributed by atoms with Gasteiger partial charge in [0.05, 0.1) is 17.5 Å². The average molecular weight is 420 g/mol. The lowest BCUT2D eigenvalue weighted by molar-refractivity contribution is -0.142. The third kappa shape index (κ3) is 3.80. The topological polar surface area (TPSA) is 74.1 Å². The number of nitrogens with zero attached hydrogens (tertiary/aromatic N) is 3. The Kier molecular flexibility index (Phi) is 5.81. The molecule has 0 spiro atoms. The zero-order valence-electron chi connectivity index (χ0n) is 16.7. The van der Waals surface area contributed by atoms with E-state index in [0.29, 0.717) is 28.2 Å². The van der Waals surface area contributed by atoms with Crippen LogP contribution in [-0.2, 0) is 16.1 Å². The van der Waals surface area contributed by atoms with Crippen LogP contribution < -0.4 is 5.56 Å². The second kappa shape index (κ2) is 8.67. The van der Waals surface area contributed by atoms with Crippen molar-refractivity contribution >= 4 is 39.4 Å². The van der Waals surface area contributed by atoms with Gasteiger partial charge in [-0.1, -0.05) is 42.1 Å². The van der Waals surface area contributed by atoms with Gasteiger partial charge in [0.2, 0.25) is 0 Å². The lowest BCUT2D eigenvalue weighted by Crippen LogP contribution is -2.24. The van der Waals surface area contributed by atoms with E-state index in [1.807, 2.05) is 49.4 Å². The summed E-state index contributed by atoms with van der Waals surface area (Å²) in [4.78, 5) is 34.8. The summed E-state index contributed by atoms with van der Waals surface area (Å²) in [7, 11) is 0. The summed E-state index contributed by atoms with van der Waals surface area (Å²) in [6.45, 7) is 4.38. The van der Waals surface area contributed by atoms with Crippen LogP contribution in [0.15, 0.2) is 70.9 Å². The number of esters is 1. The zero-order chi connectivity index (χ0) is 21.1. The Bertz CT molecular complexity index is 1270. The van der Waals surface area contributed by atoms with E-state index in [4.69, 9.17) is 9.72 Å². The molecule has 0 aliphatic heterocycles. The SMILES string of the molecule is CCOC(=O)C(Sc1nc2cc3ccccc3cc2c(=O)n1CC)c1cccnc1. The van der Waals surface area contributed by atoms with Gasteiger partial charge in [-0.3, -0.25) is 19.1 Å². The molecule has 1 atom stereocenters. The summed E-state index contributed by atoms with van der Waals surface area (Å²) in [5.74, 6) is -0.383. The van der Waals surface area contributed by atoms with Gasteiger partial charge in [-0.25, -0.2) is 4.98 Å². The number of pyridine rings is 1. The van der Waals surface area contributed by atoms with Gasteiger partial charge in [0, 0.05) is 18.9 Å². The van der Waals surface area contributed by atoms with Gasteiger partial charge in [-0.2, -0.15) is 0 Å². The molecule has 2 aromatic heterocycles. The fourth-order valence-corrected chi connectivity index (χ4v) is 4.50. The maximum absolute atomic E-state index is 13.2. The van der Waals surface area contributed by atoms with Gasteiger partial charge in [0.15, 0.2) is 5.16 Å².